The van der Waals surface area contributed by atoms with E-state index in [1.54, 1.807) is 17.8 Å². The lowest BCUT2D eigenvalue weighted by atomic mass is 10.2. The molecule has 0 spiro atoms. The van der Waals surface area contributed by atoms with Crippen LogP contribution in [0.5, 0.6) is 0 Å². The molecule has 0 aliphatic carbocycles. The topological polar surface area (TPSA) is 79.2 Å². The molecule has 8 nitrogen and oxygen atoms in total. The van der Waals surface area contributed by atoms with Crippen LogP contribution in [0.3, 0.4) is 0 Å². The van der Waals surface area contributed by atoms with Crippen LogP contribution in [0.15, 0.2) is 48.1 Å². The molecule has 9 heteroatoms. The summed E-state index contributed by atoms with van der Waals surface area (Å²) in [6.45, 7) is 6.47. The third-order valence-electron chi connectivity index (χ3n) is 4.88. The van der Waals surface area contributed by atoms with Gasteiger partial charge in [0.05, 0.1) is 11.9 Å². The van der Waals surface area contributed by atoms with Gasteiger partial charge < -0.3 is 10.2 Å². The molecule has 28 heavy (non-hydrogen) atoms. The van der Waals surface area contributed by atoms with E-state index in [2.05, 4.69) is 54.7 Å². The van der Waals surface area contributed by atoms with Gasteiger partial charge in [-0.3, -0.25) is 9.69 Å². The predicted octanol–water partition coefficient (Wildman–Crippen LogP) is 2.26. The SMILES string of the molecule is CC(C(=O)Nc1nccs1)n1cc(CN2CCN(c3ccccc3)CC2)nn1. The summed E-state index contributed by atoms with van der Waals surface area (Å²) in [7, 11) is 0. The molecule has 1 unspecified atom stereocenters. The van der Waals surface area contributed by atoms with Gasteiger partial charge in [-0.25, -0.2) is 9.67 Å². The maximum absolute atomic E-state index is 12.3. The van der Waals surface area contributed by atoms with Crippen molar-refractivity contribution < 1.29 is 4.79 Å². The molecule has 1 saturated heterocycles. The molecule has 146 valence electrons. The Morgan fingerprint density at radius 2 is 2.00 bits per heavy atom. The number of para-hydroxylation sites is 1. The second-order valence-electron chi connectivity index (χ2n) is 6.79. The number of anilines is 2. The molecular formula is C19H23N7OS. The number of carbonyl (C=O) groups excluding carboxylic acids is 1. The van der Waals surface area contributed by atoms with Crippen LogP contribution in [0.25, 0.3) is 0 Å². The maximum Gasteiger partial charge on any atom is 0.250 e. The van der Waals surface area contributed by atoms with Crippen molar-refractivity contribution in [2.45, 2.75) is 19.5 Å². The van der Waals surface area contributed by atoms with Crippen molar-refractivity contribution in [3.05, 3.63) is 53.8 Å². The van der Waals surface area contributed by atoms with Crippen molar-refractivity contribution in [2.24, 2.45) is 0 Å². The lowest BCUT2D eigenvalue weighted by Gasteiger charge is -2.35. The molecule has 2 aromatic heterocycles. The van der Waals surface area contributed by atoms with Gasteiger partial charge in [0.2, 0.25) is 0 Å². The van der Waals surface area contributed by atoms with Crippen LogP contribution in [0, 0.1) is 0 Å². The molecule has 1 aliphatic rings. The van der Waals surface area contributed by atoms with Crippen LogP contribution in [0.2, 0.25) is 0 Å². The summed E-state index contributed by atoms with van der Waals surface area (Å²) in [5.41, 5.74) is 2.15. The predicted molar refractivity (Wildman–Crippen MR) is 109 cm³/mol. The van der Waals surface area contributed by atoms with Crippen LogP contribution in [-0.2, 0) is 11.3 Å². The van der Waals surface area contributed by atoms with E-state index in [1.807, 2.05) is 17.6 Å². The Morgan fingerprint density at radius 3 is 2.71 bits per heavy atom. The Labute approximate surface area is 167 Å². The number of nitrogens with zero attached hydrogens (tertiary/aromatic N) is 6. The van der Waals surface area contributed by atoms with E-state index < -0.39 is 6.04 Å². The number of nitrogens with one attached hydrogen (secondary N) is 1. The number of piperazine rings is 1. The second kappa shape index (κ2) is 8.49. The van der Waals surface area contributed by atoms with Gasteiger partial charge in [0.25, 0.3) is 5.91 Å². The van der Waals surface area contributed by atoms with Gasteiger partial charge in [-0.15, -0.1) is 16.4 Å². The van der Waals surface area contributed by atoms with Crippen molar-refractivity contribution in [3.8, 4) is 0 Å². The Hall–Kier alpha value is -2.78. The summed E-state index contributed by atoms with van der Waals surface area (Å²) in [6, 6.07) is 10.1. The molecular weight excluding hydrogens is 374 g/mol. The number of thiazole rings is 1. The third-order valence-corrected chi connectivity index (χ3v) is 5.56. The first-order chi connectivity index (χ1) is 13.7. The van der Waals surface area contributed by atoms with Crippen molar-refractivity contribution in [1.82, 2.24) is 24.9 Å². The molecule has 3 heterocycles. The van der Waals surface area contributed by atoms with E-state index in [4.69, 9.17) is 0 Å². The van der Waals surface area contributed by atoms with Crippen LogP contribution < -0.4 is 10.2 Å². The quantitative estimate of drug-likeness (QED) is 0.687. The highest BCUT2D eigenvalue weighted by Gasteiger charge is 2.21. The standard InChI is InChI=1S/C19H23N7OS/c1-15(18(27)21-19-20-7-12-28-19)26-14-16(22-23-26)13-24-8-10-25(11-9-24)17-5-3-2-4-6-17/h2-7,12,14-15H,8-11,13H2,1H3,(H,20,21,27). The van der Waals surface area contributed by atoms with E-state index in [0.29, 0.717) is 5.13 Å². The molecule has 3 aromatic rings. The molecule has 1 aromatic carbocycles. The van der Waals surface area contributed by atoms with E-state index in [0.717, 1.165) is 38.4 Å². The van der Waals surface area contributed by atoms with Crippen LogP contribution in [0.1, 0.15) is 18.7 Å². The number of amides is 1. The van der Waals surface area contributed by atoms with Crippen molar-refractivity contribution in [1.29, 1.82) is 0 Å². The Balaban J connectivity index is 1.29. The Bertz CT molecular complexity index is 888. The first-order valence-electron chi connectivity index (χ1n) is 9.32. The first-order valence-corrected chi connectivity index (χ1v) is 10.2. The monoisotopic (exact) mass is 397 g/mol. The number of rotatable bonds is 6. The van der Waals surface area contributed by atoms with Crippen LogP contribution in [0.4, 0.5) is 10.8 Å². The van der Waals surface area contributed by atoms with Gasteiger partial charge in [-0.2, -0.15) is 0 Å². The largest absolute Gasteiger partial charge is 0.369 e. The smallest absolute Gasteiger partial charge is 0.250 e. The van der Waals surface area contributed by atoms with E-state index in [9.17, 15) is 4.79 Å². The average Bonchev–Trinajstić information content (AvgIpc) is 3.41. The van der Waals surface area contributed by atoms with Gasteiger partial charge in [0.15, 0.2) is 5.13 Å². The van der Waals surface area contributed by atoms with Gasteiger partial charge >= 0.3 is 0 Å². The lowest BCUT2D eigenvalue weighted by molar-refractivity contribution is -0.119. The summed E-state index contributed by atoms with van der Waals surface area (Å²) in [5, 5.41) is 13.6. The van der Waals surface area contributed by atoms with Crippen molar-refractivity contribution >= 4 is 28.1 Å². The number of benzene rings is 1. The second-order valence-corrected chi connectivity index (χ2v) is 7.69. The lowest BCUT2D eigenvalue weighted by Crippen LogP contribution is -2.46. The van der Waals surface area contributed by atoms with E-state index in [1.165, 1.54) is 17.0 Å². The van der Waals surface area contributed by atoms with Gasteiger partial charge in [0.1, 0.15) is 6.04 Å². The molecule has 0 radical (unpaired) electrons. The van der Waals surface area contributed by atoms with E-state index >= 15 is 0 Å². The zero-order valence-corrected chi connectivity index (χ0v) is 16.5. The molecule has 1 atom stereocenters. The molecule has 0 saturated carbocycles. The summed E-state index contributed by atoms with van der Waals surface area (Å²) in [4.78, 5) is 21.2. The fraction of sp³-hybridized carbons (Fsp3) is 0.368. The highest BCUT2D eigenvalue weighted by molar-refractivity contribution is 7.13. The Morgan fingerprint density at radius 1 is 1.21 bits per heavy atom. The summed E-state index contributed by atoms with van der Waals surface area (Å²) < 4.78 is 1.61. The maximum atomic E-state index is 12.3. The number of hydrogen-bond donors (Lipinski definition) is 1. The molecule has 1 N–H and O–H groups in total. The molecule has 0 bridgehead atoms. The number of hydrogen-bond acceptors (Lipinski definition) is 7. The minimum atomic E-state index is -0.444. The van der Waals surface area contributed by atoms with E-state index in [-0.39, 0.29) is 5.91 Å². The van der Waals surface area contributed by atoms with Crippen LogP contribution >= 0.6 is 11.3 Å². The minimum Gasteiger partial charge on any atom is -0.369 e. The molecule has 4 rings (SSSR count). The summed E-state index contributed by atoms with van der Waals surface area (Å²) >= 11 is 1.39. The Kier molecular flexibility index (Phi) is 5.63. The highest BCUT2D eigenvalue weighted by atomic mass is 32.1. The van der Waals surface area contributed by atoms with Crippen molar-refractivity contribution in [3.63, 3.8) is 0 Å². The molecule has 1 fully saturated rings. The number of aromatic nitrogens is 4. The normalized spacial score (nSPS) is 16.1. The fourth-order valence-electron chi connectivity index (χ4n) is 3.22. The summed E-state index contributed by atoms with van der Waals surface area (Å²) in [5.74, 6) is -0.150. The first kappa shape index (κ1) is 18.6. The third kappa shape index (κ3) is 4.37. The van der Waals surface area contributed by atoms with Gasteiger partial charge in [-0.1, -0.05) is 23.4 Å². The van der Waals surface area contributed by atoms with Crippen molar-refractivity contribution in [2.75, 3.05) is 36.4 Å². The van der Waals surface area contributed by atoms with Crippen LogP contribution in [-0.4, -0.2) is 57.0 Å². The van der Waals surface area contributed by atoms with Gasteiger partial charge in [0, 0.05) is 50.0 Å². The zero-order valence-electron chi connectivity index (χ0n) is 15.7. The molecule has 1 amide bonds. The molecule has 1 aliphatic heterocycles. The van der Waals surface area contributed by atoms with Gasteiger partial charge in [-0.05, 0) is 19.1 Å². The fourth-order valence-corrected chi connectivity index (χ4v) is 3.75. The zero-order chi connectivity index (χ0) is 19.3. The average molecular weight is 398 g/mol. The number of carbonyl (C=O) groups is 1. The summed E-state index contributed by atoms with van der Waals surface area (Å²) in [6.07, 6.45) is 3.52. The minimum absolute atomic E-state index is 0.150. The highest BCUT2D eigenvalue weighted by Crippen LogP contribution is 2.17.